The van der Waals surface area contributed by atoms with Crippen molar-refractivity contribution in [1.29, 1.82) is 0 Å². The van der Waals surface area contributed by atoms with Gasteiger partial charge < -0.3 is 24.4 Å². The summed E-state index contributed by atoms with van der Waals surface area (Å²) in [5, 5.41) is 2.84. The first-order valence-corrected chi connectivity index (χ1v) is 9.01. The highest BCUT2D eigenvalue weighted by atomic mass is 16.6. The van der Waals surface area contributed by atoms with Gasteiger partial charge in [0.05, 0.1) is 18.2 Å². The molecule has 2 amide bonds. The molecule has 0 aliphatic carbocycles. The molecule has 2 aliphatic heterocycles. The second kappa shape index (κ2) is 8.39. The number of hydrogen-bond acceptors (Lipinski definition) is 6. The van der Waals surface area contributed by atoms with Crippen LogP contribution in [0.15, 0.2) is 12.1 Å². The maximum absolute atomic E-state index is 12.8. The van der Waals surface area contributed by atoms with E-state index < -0.39 is 0 Å². The minimum atomic E-state index is -0.340. The molecule has 8 heteroatoms. The molecule has 0 saturated carbocycles. The van der Waals surface area contributed by atoms with E-state index in [-0.39, 0.29) is 23.5 Å². The number of nitrogens with zero attached hydrogens (tertiary/aromatic N) is 1. The lowest BCUT2D eigenvalue weighted by atomic mass is 9.96. The number of benzene rings is 1. The van der Waals surface area contributed by atoms with Gasteiger partial charge in [0.25, 0.3) is 0 Å². The minimum Gasteiger partial charge on any atom is -0.486 e. The molecule has 2 heterocycles. The number of piperidine rings is 1. The lowest BCUT2D eigenvalue weighted by Gasteiger charge is -2.32. The number of likely N-dealkylation sites (tertiary alicyclic amines) is 1. The highest BCUT2D eigenvalue weighted by Gasteiger charge is 2.31. The molecule has 1 aromatic carbocycles. The molecule has 0 bridgehead atoms. The third kappa shape index (κ3) is 4.39. The Bertz CT molecular complexity index is 748. The number of ketones is 1. The Morgan fingerprint density at radius 1 is 1.26 bits per heavy atom. The Morgan fingerprint density at radius 3 is 2.63 bits per heavy atom. The first-order chi connectivity index (χ1) is 13.0. The monoisotopic (exact) mass is 376 g/mol. The molecule has 0 aromatic heterocycles. The minimum absolute atomic E-state index is 0.0276. The number of anilines is 1. The van der Waals surface area contributed by atoms with Gasteiger partial charge in [-0.1, -0.05) is 0 Å². The molecular formula is C19H24N2O6. The summed E-state index contributed by atoms with van der Waals surface area (Å²) >= 11 is 0. The predicted molar refractivity (Wildman–Crippen MR) is 97.2 cm³/mol. The fraction of sp³-hybridized carbons (Fsp3) is 0.526. The van der Waals surface area contributed by atoms with Gasteiger partial charge >= 0.3 is 0 Å². The molecule has 0 spiro atoms. The van der Waals surface area contributed by atoms with E-state index in [0.29, 0.717) is 68.5 Å². The quantitative estimate of drug-likeness (QED) is 0.756. The van der Waals surface area contributed by atoms with Crippen LogP contribution in [0.2, 0.25) is 0 Å². The molecule has 2 aliphatic rings. The molecule has 8 nitrogen and oxygen atoms in total. The zero-order valence-electron chi connectivity index (χ0n) is 15.6. The Morgan fingerprint density at radius 2 is 1.96 bits per heavy atom. The van der Waals surface area contributed by atoms with Gasteiger partial charge in [-0.15, -0.1) is 0 Å². The number of carbonyl (C=O) groups is 3. The van der Waals surface area contributed by atoms with Crippen molar-refractivity contribution in [1.82, 2.24) is 4.90 Å². The van der Waals surface area contributed by atoms with E-state index in [2.05, 4.69) is 5.32 Å². The van der Waals surface area contributed by atoms with Crippen LogP contribution in [0.4, 0.5) is 5.69 Å². The van der Waals surface area contributed by atoms with Crippen molar-refractivity contribution in [3.8, 4) is 11.5 Å². The lowest BCUT2D eigenvalue weighted by molar-refractivity contribution is -0.137. The van der Waals surface area contributed by atoms with Gasteiger partial charge in [-0.3, -0.25) is 14.4 Å². The molecule has 1 aromatic rings. The number of nitrogens with one attached hydrogen (secondary N) is 1. The van der Waals surface area contributed by atoms with Crippen molar-refractivity contribution >= 4 is 23.3 Å². The van der Waals surface area contributed by atoms with Gasteiger partial charge in [0, 0.05) is 38.2 Å². The summed E-state index contributed by atoms with van der Waals surface area (Å²) in [5.41, 5.74) is 0.771. The van der Waals surface area contributed by atoms with Gasteiger partial charge in [-0.2, -0.15) is 0 Å². The van der Waals surface area contributed by atoms with Crippen LogP contribution in [0.25, 0.3) is 0 Å². The smallest absolute Gasteiger partial charge is 0.229 e. The van der Waals surface area contributed by atoms with Gasteiger partial charge in [0.1, 0.15) is 13.2 Å². The maximum Gasteiger partial charge on any atom is 0.229 e. The highest BCUT2D eigenvalue weighted by Crippen LogP contribution is 2.36. The normalized spacial score (nSPS) is 19.0. The van der Waals surface area contributed by atoms with E-state index >= 15 is 0 Å². The Kier molecular flexibility index (Phi) is 5.95. The van der Waals surface area contributed by atoms with Gasteiger partial charge in [-0.05, 0) is 19.4 Å². The zero-order valence-corrected chi connectivity index (χ0v) is 15.6. The molecule has 1 fully saturated rings. The van der Waals surface area contributed by atoms with Crippen LogP contribution >= 0.6 is 0 Å². The van der Waals surface area contributed by atoms with Crippen molar-refractivity contribution in [2.45, 2.75) is 19.8 Å². The number of Topliss-reactive ketones (excluding diaryl/α,β-unsaturated/α-hetero) is 1. The molecule has 27 heavy (non-hydrogen) atoms. The van der Waals surface area contributed by atoms with Gasteiger partial charge in [-0.25, -0.2) is 0 Å². The van der Waals surface area contributed by atoms with Crippen LogP contribution < -0.4 is 14.8 Å². The van der Waals surface area contributed by atoms with E-state index in [0.717, 1.165) is 0 Å². The van der Waals surface area contributed by atoms with E-state index in [1.165, 1.54) is 6.92 Å². The van der Waals surface area contributed by atoms with Crippen molar-refractivity contribution in [3.05, 3.63) is 17.7 Å². The lowest BCUT2D eigenvalue weighted by Crippen LogP contribution is -2.45. The number of ether oxygens (including phenoxy) is 3. The Labute approximate surface area is 157 Å². The molecule has 1 unspecified atom stereocenters. The van der Waals surface area contributed by atoms with Crippen molar-refractivity contribution in [2.24, 2.45) is 5.92 Å². The van der Waals surface area contributed by atoms with E-state index in [9.17, 15) is 14.4 Å². The number of carbonyl (C=O) groups excluding carboxylic acids is 3. The fourth-order valence-electron chi connectivity index (χ4n) is 3.26. The second-order valence-electron chi connectivity index (χ2n) is 6.66. The van der Waals surface area contributed by atoms with Crippen molar-refractivity contribution in [3.63, 3.8) is 0 Å². The van der Waals surface area contributed by atoms with Crippen LogP contribution in [0.1, 0.15) is 30.1 Å². The molecule has 1 atom stereocenters. The summed E-state index contributed by atoms with van der Waals surface area (Å²) in [7, 11) is 1.57. The van der Waals surface area contributed by atoms with Crippen LogP contribution in [0.5, 0.6) is 11.5 Å². The molecule has 1 saturated heterocycles. The Hall–Kier alpha value is -2.61. The first kappa shape index (κ1) is 19.2. The SMILES string of the molecule is COCCN1CC(C(=O)Nc2cc3c(cc2C(C)=O)OCCO3)CCC1=O. The van der Waals surface area contributed by atoms with Crippen molar-refractivity contribution < 1.29 is 28.6 Å². The molecule has 146 valence electrons. The topological polar surface area (TPSA) is 94.2 Å². The van der Waals surface area contributed by atoms with E-state index in [1.54, 1.807) is 24.1 Å². The van der Waals surface area contributed by atoms with Crippen LogP contribution in [0.3, 0.4) is 0 Å². The molecule has 3 rings (SSSR count). The van der Waals surface area contributed by atoms with Crippen LogP contribution in [-0.2, 0) is 14.3 Å². The number of hydrogen-bond donors (Lipinski definition) is 1. The average Bonchev–Trinajstić information content (AvgIpc) is 2.66. The number of amides is 2. The number of fused-ring (bicyclic) bond motifs is 1. The summed E-state index contributed by atoms with van der Waals surface area (Å²) in [6.07, 6.45) is 0.802. The van der Waals surface area contributed by atoms with Gasteiger partial charge in [0.2, 0.25) is 11.8 Å². The largest absolute Gasteiger partial charge is 0.486 e. The predicted octanol–water partition coefficient (Wildman–Crippen LogP) is 1.48. The molecule has 1 N–H and O–H groups in total. The van der Waals surface area contributed by atoms with Crippen LogP contribution in [0, 0.1) is 5.92 Å². The maximum atomic E-state index is 12.8. The van der Waals surface area contributed by atoms with Crippen molar-refractivity contribution in [2.75, 3.05) is 45.3 Å². The summed E-state index contributed by atoms with van der Waals surface area (Å²) in [6, 6.07) is 3.22. The van der Waals surface area contributed by atoms with E-state index in [4.69, 9.17) is 14.2 Å². The average molecular weight is 376 g/mol. The standard InChI is InChI=1S/C19H24N2O6/c1-12(22)14-9-16-17(27-8-7-26-16)10-15(14)20-19(24)13-3-4-18(23)21(11-13)5-6-25-2/h9-10,13H,3-8,11H2,1-2H3,(H,20,24). The number of methoxy groups -OCH3 is 1. The summed E-state index contributed by atoms with van der Waals surface area (Å²) in [4.78, 5) is 38.4. The second-order valence-corrected chi connectivity index (χ2v) is 6.66. The molecule has 0 radical (unpaired) electrons. The highest BCUT2D eigenvalue weighted by molar-refractivity contribution is 6.05. The van der Waals surface area contributed by atoms with Crippen LogP contribution in [-0.4, -0.2) is 62.5 Å². The van der Waals surface area contributed by atoms with Gasteiger partial charge in [0.15, 0.2) is 17.3 Å². The van der Waals surface area contributed by atoms with E-state index in [1.807, 2.05) is 0 Å². The third-order valence-electron chi connectivity index (χ3n) is 4.76. The summed E-state index contributed by atoms with van der Waals surface area (Å²) < 4.78 is 16.1. The zero-order chi connectivity index (χ0) is 19.4. The Balaban J connectivity index is 1.75. The summed E-state index contributed by atoms with van der Waals surface area (Å²) in [6.45, 7) is 3.50. The molecular weight excluding hydrogens is 352 g/mol. The number of rotatable bonds is 6. The third-order valence-corrected chi connectivity index (χ3v) is 4.76. The first-order valence-electron chi connectivity index (χ1n) is 9.01. The summed E-state index contributed by atoms with van der Waals surface area (Å²) in [5.74, 6) is 0.292. The fourth-order valence-corrected chi connectivity index (χ4v) is 3.26.